The Labute approximate surface area is 706 Å². The molecular weight excluding hydrogens is 1440 g/mol. The molecule has 2 aromatic heterocycles. The van der Waals surface area contributed by atoms with Crippen LogP contribution in [0.3, 0.4) is 0 Å². The molecule has 4 heterocycles. The van der Waals surface area contributed by atoms with Crippen LogP contribution >= 0.6 is 0 Å². The standard InChI is InChI=1S/C113H110BN5/c1-107(2,3)77-45-50-99-92(63-77)93-64-78(108(4,5)6)46-51-100(93)116(99)84-47-49-96-102(68-84)118(86-53-70(69-115)52-85(67-86)117-97-42-32-30-40-89(97)90-41-31-33-43-98(90)117)103-59-76(75-56-81(111(13,14)15)62-82(57-75)112(16,17)18)60-104-105(103)114(96)95-48-44-73(74-54-79(109(7,8)9)61-80(55-74)110(10,11)12)58-101(95)119(104)106-91(72-36-26-23-27-37-72)65-83(113(19,20)21)66-94(106)88-39-29-28-38-87(88)71-34-24-22-25-35-71/h22-68H,1-21H3. The Morgan fingerprint density at radius 2 is 0.630 bits per heavy atom. The summed E-state index contributed by atoms with van der Waals surface area (Å²) in [7, 11) is 0. The van der Waals surface area contributed by atoms with Crippen molar-refractivity contribution in [3.8, 4) is 73.1 Å². The molecule has 0 aliphatic carbocycles. The molecule has 0 fully saturated rings. The molecule has 0 saturated carbocycles. The fraction of sp³-hybridized carbons (Fsp3) is 0.248. The number of hydrogen-bond donors (Lipinski definition) is 0. The third-order valence-electron chi connectivity index (χ3n) is 25.5. The van der Waals surface area contributed by atoms with E-state index in [-0.39, 0.29) is 44.6 Å². The van der Waals surface area contributed by atoms with Crippen LogP contribution in [0.2, 0.25) is 0 Å². The van der Waals surface area contributed by atoms with E-state index < -0.39 is 0 Å². The van der Waals surface area contributed by atoms with Gasteiger partial charge in [0, 0.05) is 72.5 Å². The molecule has 0 bridgehead atoms. The highest BCUT2D eigenvalue weighted by molar-refractivity contribution is 7.00. The zero-order valence-corrected chi connectivity index (χ0v) is 73.4. The highest BCUT2D eigenvalue weighted by atomic mass is 15.2. The third kappa shape index (κ3) is 13.7. The Kier molecular flexibility index (Phi) is 18.4. The van der Waals surface area contributed by atoms with E-state index in [1.165, 1.54) is 66.2 Å². The minimum atomic E-state index is -0.335. The number of hydrogen-bond acceptors (Lipinski definition) is 3. The maximum Gasteiger partial charge on any atom is 0.252 e. The molecule has 5 nitrogen and oxygen atoms in total. The minimum Gasteiger partial charge on any atom is -0.311 e. The Morgan fingerprint density at radius 1 is 0.244 bits per heavy atom. The number of benzene rings is 14. The van der Waals surface area contributed by atoms with Crippen molar-refractivity contribution in [3.63, 3.8) is 0 Å². The lowest BCUT2D eigenvalue weighted by atomic mass is 9.33. The van der Waals surface area contributed by atoms with Gasteiger partial charge in [-0.1, -0.05) is 333 Å². The van der Waals surface area contributed by atoms with Gasteiger partial charge in [0.15, 0.2) is 0 Å². The number of rotatable bonds is 9. The molecule has 0 radical (unpaired) electrons. The smallest absolute Gasteiger partial charge is 0.252 e. The summed E-state index contributed by atoms with van der Waals surface area (Å²) in [6.45, 7) is 49.0. The molecule has 6 heteroatoms. The van der Waals surface area contributed by atoms with Crippen molar-refractivity contribution in [1.82, 2.24) is 9.13 Å². The van der Waals surface area contributed by atoms with Gasteiger partial charge in [-0.15, -0.1) is 0 Å². The molecule has 590 valence electrons. The first-order valence-corrected chi connectivity index (χ1v) is 42.8. The highest BCUT2D eigenvalue weighted by Gasteiger charge is 2.46. The number of fused-ring (bicyclic) bond motifs is 10. The summed E-state index contributed by atoms with van der Waals surface area (Å²) in [5.74, 6) is 0. The van der Waals surface area contributed by atoms with Gasteiger partial charge in [-0.05, 0) is 235 Å². The molecule has 0 spiro atoms. The van der Waals surface area contributed by atoms with Crippen LogP contribution in [0.1, 0.15) is 190 Å². The van der Waals surface area contributed by atoms with E-state index in [1.54, 1.807) is 0 Å². The first-order chi connectivity index (χ1) is 56.4. The van der Waals surface area contributed by atoms with Crippen LogP contribution in [0.25, 0.3) is 111 Å². The average molecular weight is 1550 g/mol. The van der Waals surface area contributed by atoms with E-state index in [9.17, 15) is 5.26 Å². The molecule has 2 aliphatic rings. The fourth-order valence-corrected chi connectivity index (χ4v) is 18.6. The zero-order valence-electron chi connectivity index (χ0n) is 73.4. The predicted molar refractivity (Wildman–Crippen MR) is 512 cm³/mol. The lowest BCUT2D eigenvalue weighted by Gasteiger charge is -2.46. The highest BCUT2D eigenvalue weighted by Crippen LogP contribution is 2.56. The topological polar surface area (TPSA) is 40.1 Å². The molecule has 0 saturated heterocycles. The second kappa shape index (κ2) is 28.0. The van der Waals surface area contributed by atoms with Gasteiger partial charge in [0.2, 0.25) is 0 Å². The van der Waals surface area contributed by atoms with Crippen molar-refractivity contribution in [2.24, 2.45) is 0 Å². The van der Waals surface area contributed by atoms with E-state index in [4.69, 9.17) is 0 Å². The van der Waals surface area contributed by atoms with Crippen LogP contribution in [-0.2, 0) is 37.9 Å². The van der Waals surface area contributed by atoms with Crippen LogP contribution in [-0.4, -0.2) is 15.8 Å². The van der Waals surface area contributed by atoms with Crippen molar-refractivity contribution in [2.75, 3.05) is 9.80 Å². The second-order valence-electron chi connectivity index (χ2n) is 41.1. The molecule has 0 atom stereocenters. The summed E-state index contributed by atoms with van der Waals surface area (Å²) in [6.07, 6.45) is 0. The van der Waals surface area contributed by atoms with Gasteiger partial charge in [-0.25, -0.2) is 0 Å². The third-order valence-corrected chi connectivity index (χ3v) is 25.5. The summed E-state index contributed by atoms with van der Waals surface area (Å²) in [4.78, 5) is 5.32. The van der Waals surface area contributed by atoms with E-state index in [0.29, 0.717) is 5.56 Å². The van der Waals surface area contributed by atoms with E-state index >= 15 is 0 Å². The van der Waals surface area contributed by atoms with Crippen LogP contribution in [0.4, 0.5) is 34.1 Å². The lowest BCUT2D eigenvalue weighted by Crippen LogP contribution is -2.61. The first kappa shape index (κ1) is 78.0. The van der Waals surface area contributed by atoms with Gasteiger partial charge in [0.05, 0.1) is 39.4 Å². The van der Waals surface area contributed by atoms with Gasteiger partial charge in [-0.3, -0.25) is 0 Å². The van der Waals surface area contributed by atoms with E-state index in [0.717, 1.165) is 134 Å². The number of aromatic nitrogens is 2. The van der Waals surface area contributed by atoms with Crippen molar-refractivity contribution in [2.45, 2.75) is 183 Å². The van der Waals surface area contributed by atoms with Crippen molar-refractivity contribution in [3.05, 3.63) is 330 Å². The van der Waals surface area contributed by atoms with Crippen LogP contribution in [0.15, 0.2) is 285 Å². The van der Waals surface area contributed by atoms with E-state index in [1.807, 2.05) is 0 Å². The summed E-state index contributed by atoms with van der Waals surface area (Å²) in [5.41, 5.74) is 35.9. The fourth-order valence-electron chi connectivity index (χ4n) is 18.6. The second-order valence-corrected chi connectivity index (χ2v) is 41.1. The summed E-state index contributed by atoms with van der Waals surface area (Å²) in [6, 6.07) is 113. The normalized spacial score (nSPS) is 13.4. The SMILES string of the molecule is CC(C)(C)c1cc(-c2ccc3c(c2)N(c2c(-c4ccccc4)cc(C(C)(C)C)cc2-c2ccccc2-c2ccccc2)c2cc(-c4cc(C(C)(C)C)cc(C(C)(C)C)c4)cc4c2B3c2ccc(-n3c5ccc(C(C)(C)C)cc5c5cc(C(C)(C)C)ccc53)cc2N4c2cc(C#N)cc(-n3c4ccccc4c4ccccc43)c2)cc(C(C)(C)C)c1. The molecule has 2 aliphatic heterocycles. The largest absolute Gasteiger partial charge is 0.311 e. The summed E-state index contributed by atoms with van der Waals surface area (Å²) < 4.78 is 4.91. The summed E-state index contributed by atoms with van der Waals surface area (Å²) in [5, 5.41) is 16.7. The molecule has 0 unspecified atom stereocenters. The van der Waals surface area contributed by atoms with Gasteiger partial charge >= 0.3 is 0 Å². The molecule has 0 amide bonds. The number of nitrogens with zero attached hydrogens (tertiary/aromatic N) is 5. The Balaban J connectivity index is 1.05. The Bertz CT molecular complexity index is 6650. The summed E-state index contributed by atoms with van der Waals surface area (Å²) >= 11 is 0. The van der Waals surface area contributed by atoms with Crippen molar-refractivity contribution < 1.29 is 0 Å². The monoisotopic (exact) mass is 1550 g/mol. The molecular formula is C113H110BN5. The van der Waals surface area contributed by atoms with Gasteiger partial charge < -0.3 is 18.9 Å². The number of anilines is 6. The molecule has 14 aromatic carbocycles. The zero-order chi connectivity index (χ0) is 83.7. The maximum atomic E-state index is 11.9. The van der Waals surface area contributed by atoms with Crippen LogP contribution in [0.5, 0.6) is 0 Å². The molecule has 0 N–H and O–H groups in total. The minimum absolute atomic E-state index is 0.0915. The first-order valence-electron chi connectivity index (χ1n) is 42.8. The van der Waals surface area contributed by atoms with Crippen molar-refractivity contribution >= 4 is 101 Å². The molecule has 119 heavy (non-hydrogen) atoms. The van der Waals surface area contributed by atoms with Crippen LogP contribution < -0.4 is 26.2 Å². The van der Waals surface area contributed by atoms with Gasteiger partial charge in [0.1, 0.15) is 0 Å². The average Bonchev–Trinajstić information content (AvgIpc) is 1.23. The number of nitriles is 1. The van der Waals surface area contributed by atoms with Gasteiger partial charge in [-0.2, -0.15) is 5.26 Å². The molecule has 16 aromatic rings. The molecule has 18 rings (SSSR count). The maximum absolute atomic E-state index is 11.9. The predicted octanol–water partition coefficient (Wildman–Crippen LogP) is 29.3. The van der Waals surface area contributed by atoms with Crippen molar-refractivity contribution in [1.29, 1.82) is 5.26 Å². The quantitative estimate of drug-likeness (QED) is 0.135. The van der Waals surface area contributed by atoms with Crippen LogP contribution in [0, 0.1) is 11.3 Å². The number of para-hydroxylation sites is 2. The Morgan fingerprint density at radius 3 is 1.13 bits per heavy atom. The Hall–Kier alpha value is -12.2. The van der Waals surface area contributed by atoms with E-state index in [2.05, 4.69) is 456 Å². The van der Waals surface area contributed by atoms with Gasteiger partial charge in [0.25, 0.3) is 6.71 Å². The lowest BCUT2D eigenvalue weighted by molar-refractivity contribution is 0.568.